The Morgan fingerprint density at radius 3 is 2.96 bits per heavy atom. The van der Waals surface area contributed by atoms with Gasteiger partial charge in [0.25, 0.3) is 5.91 Å². The fraction of sp³-hybridized carbons (Fsp3) is 0.556. The van der Waals surface area contributed by atoms with Gasteiger partial charge >= 0.3 is 0 Å². The molecule has 6 nitrogen and oxygen atoms in total. The Hall–Kier alpha value is -2.08. The molecule has 1 aliphatic rings. The Bertz CT molecular complexity index is 663. The number of rotatable bonds is 5. The highest BCUT2D eigenvalue weighted by atomic mass is 16.2. The monoisotopic (exact) mass is 329 g/mol. The molecule has 2 atom stereocenters. The Kier molecular flexibility index (Phi) is 5.04. The van der Waals surface area contributed by atoms with Gasteiger partial charge in [0.2, 0.25) is 0 Å². The van der Waals surface area contributed by atoms with Crippen molar-refractivity contribution in [2.75, 3.05) is 26.7 Å². The number of nitrogens with zero attached hydrogens (tertiary/aromatic N) is 4. The maximum atomic E-state index is 12.5. The molecule has 1 aliphatic heterocycles. The van der Waals surface area contributed by atoms with Crippen molar-refractivity contribution < 1.29 is 4.79 Å². The highest BCUT2D eigenvalue weighted by molar-refractivity contribution is 5.92. The number of hydrogen-bond acceptors (Lipinski definition) is 3. The van der Waals surface area contributed by atoms with E-state index in [-0.39, 0.29) is 5.91 Å². The molecule has 3 rings (SSSR count). The third-order valence-electron chi connectivity index (χ3n) is 5.02. The molecule has 2 aromatic rings. The lowest BCUT2D eigenvalue weighted by atomic mass is 9.85. The van der Waals surface area contributed by atoms with Crippen LogP contribution in [0.2, 0.25) is 0 Å². The molecule has 1 amide bonds. The van der Waals surface area contributed by atoms with Crippen LogP contribution < -0.4 is 0 Å². The van der Waals surface area contributed by atoms with E-state index < -0.39 is 0 Å². The lowest BCUT2D eigenvalue weighted by Crippen LogP contribution is -2.44. The van der Waals surface area contributed by atoms with Gasteiger partial charge in [0.1, 0.15) is 5.69 Å². The number of carbonyl (C=O) groups is 1. The molecule has 0 aliphatic carbocycles. The van der Waals surface area contributed by atoms with Crippen LogP contribution in [0.5, 0.6) is 0 Å². The summed E-state index contributed by atoms with van der Waals surface area (Å²) in [4.78, 5) is 19.9. The first-order valence-electron chi connectivity index (χ1n) is 8.71. The molecule has 2 aromatic heterocycles. The van der Waals surface area contributed by atoms with Crippen molar-refractivity contribution in [2.24, 2.45) is 13.0 Å². The fourth-order valence-corrected chi connectivity index (χ4v) is 3.88. The summed E-state index contributed by atoms with van der Waals surface area (Å²) in [7, 11) is 3.85. The molecular formula is C18H27N5O. The minimum Gasteiger partial charge on any atom is -0.357 e. The summed E-state index contributed by atoms with van der Waals surface area (Å²) in [5.74, 6) is 0.477. The van der Waals surface area contributed by atoms with Crippen molar-refractivity contribution in [3.05, 3.63) is 42.0 Å². The second-order valence-corrected chi connectivity index (χ2v) is 6.69. The van der Waals surface area contributed by atoms with Crippen LogP contribution in [0.1, 0.15) is 41.9 Å². The van der Waals surface area contributed by atoms with E-state index in [1.807, 2.05) is 42.0 Å². The van der Waals surface area contributed by atoms with Crippen LogP contribution in [0.15, 0.2) is 30.7 Å². The Morgan fingerprint density at radius 1 is 1.50 bits per heavy atom. The molecule has 1 N–H and O–H groups in total. The standard InChI is InChI=1S/C18H27N5O/c1-4-23-10-6-7-14(17(23)15-11-20-22(3)13-15)12-21(2)18(24)16-8-5-9-19-16/h5,8-9,11,13-14,17,19H,4,6-7,10,12H2,1-3H3/t14-,17+/m0/s1. The molecule has 130 valence electrons. The van der Waals surface area contributed by atoms with Crippen LogP contribution in [0.25, 0.3) is 0 Å². The number of likely N-dealkylation sites (tertiary alicyclic amines) is 1. The first kappa shape index (κ1) is 16.8. The maximum absolute atomic E-state index is 12.5. The first-order chi connectivity index (χ1) is 11.6. The van der Waals surface area contributed by atoms with E-state index >= 15 is 0 Å². The summed E-state index contributed by atoms with van der Waals surface area (Å²) >= 11 is 0. The van der Waals surface area contributed by atoms with Crippen LogP contribution in [0.3, 0.4) is 0 Å². The number of carbonyl (C=O) groups excluding carboxylic acids is 1. The van der Waals surface area contributed by atoms with E-state index in [0.717, 1.165) is 26.1 Å². The molecule has 0 spiro atoms. The van der Waals surface area contributed by atoms with E-state index in [9.17, 15) is 4.79 Å². The fourth-order valence-electron chi connectivity index (χ4n) is 3.88. The van der Waals surface area contributed by atoms with E-state index in [1.54, 1.807) is 6.20 Å². The summed E-state index contributed by atoms with van der Waals surface area (Å²) in [5.41, 5.74) is 1.91. The van der Waals surface area contributed by atoms with E-state index in [2.05, 4.69) is 28.1 Å². The average molecular weight is 329 g/mol. The quantitative estimate of drug-likeness (QED) is 0.916. The molecule has 1 saturated heterocycles. The number of H-pyrrole nitrogens is 1. The largest absolute Gasteiger partial charge is 0.357 e. The summed E-state index contributed by atoms with van der Waals surface area (Å²) in [5, 5.41) is 4.35. The van der Waals surface area contributed by atoms with Crippen LogP contribution in [-0.2, 0) is 7.05 Å². The number of aromatic amines is 1. The Labute approximate surface area is 143 Å². The van der Waals surface area contributed by atoms with Gasteiger partial charge in [-0.3, -0.25) is 14.4 Å². The maximum Gasteiger partial charge on any atom is 0.270 e. The highest BCUT2D eigenvalue weighted by Gasteiger charge is 2.34. The van der Waals surface area contributed by atoms with Gasteiger partial charge in [0, 0.05) is 44.6 Å². The molecule has 1 fully saturated rings. The normalized spacial score (nSPS) is 21.8. The van der Waals surface area contributed by atoms with Gasteiger partial charge in [-0.1, -0.05) is 6.92 Å². The molecule has 0 radical (unpaired) electrons. The number of nitrogens with one attached hydrogen (secondary N) is 1. The SMILES string of the molecule is CCN1CCC[C@@H](CN(C)C(=O)c2ccc[nH]2)[C@@H]1c1cnn(C)c1. The Balaban J connectivity index is 1.77. The molecule has 0 aromatic carbocycles. The third kappa shape index (κ3) is 3.38. The van der Waals surface area contributed by atoms with E-state index in [0.29, 0.717) is 17.7 Å². The second-order valence-electron chi connectivity index (χ2n) is 6.69. The van der Waals surface area contributed by atoms with E-state index in [1.165, 1.54) is 12.0 Å². The van der Waals surface area contributed by atoms with Gasteiger partial charge in [0.15, 0.2) is 0 Å². The highest BCUT2D eigenvalue weighted by Crippen LogP contribution is 2.36. The number of aromatic nitrogens is 3. The minimum absolute atomic E-state index is 0.0542. The number of hydrogen-bond donors (Lipinski definition) is 1. The lowest BCUT2D eigenvalue weighted by Gasteiger charge is -2.42. The zero-order chi connectivity index (χ0) is 17.1. The van der Waals surface area contributed by atoms with Gasteiger partial charge in [-0.05, 0) is 44.0 Å². The summed E-state index contributed by atoms with van der Waals surface area (Å²) in [6.45, 7) is 5.10. The van der Waals surface area contributed by atoms with Crippen LogP contribution in [0, 0.1) is 5.92 Å². The van der Waals surface area contributed by atoms with Crippen LogP contribution in [-0.4, -0.2) is 57.2 Å². The summed E-state index contributed by atoms with van der Waals surface area (Å²) in [6, 6.07) is 4.02. The van der Waals surface area contributed by atoms with Crippen LogP contribution in [0.4, 0.5) is 0 Å². The predicted molar refractivity (Wildman–Crippen MR) is 93.7 cm³/mol. The van der Waals surface area contributed by atoms with Gasteiger partial charge in [-0.15, -0.1) is 0 Å². The summed E-state index contributed by atoms with van der Waals surface area (Å²) in [6.07, 6.45) is 8.19. The number of aryl methyl sites for hydroxylation is 1. The second kappa shape index (κ2) is 7.21. The lowest BCUT2D eigenvalue weighted by molar-refractivity contribution is 0.0585. The predicted octanol–water partition coefficient (Wildman–Crippen LogP) is 2.29. The third-order valence-corrected chi connectivity index (χ3v) is 5.02. The average Bonchev–Trinajstić information content (AvgIpc) is 3.25. The van der Waals surface area contributed by atoms with Crippen molar-refractivity contribution in [2.45, 2.75) is 25.8 Å². The van der Waals surface area contributed by atoms with E-state index in [4.69, 9.17) is 0 Å². The summed E-state index contributed by atoms with van der Waals surface area (Å²) < 4.78 is 1.86. The first-order valence-corrected chi connectivity index (χ1v) is 8.71. The molecule has 0 saturated carbocycles. The smallest absolute Gasteiger partial charge is 0.270 e. The topological polar surface area (TPSA) is 57.2 Å². The molecule has 24 heavy (non-hydrogen) atoms. The van der Waals surface area contributed by atoms with Crippen LogP contribution >= 0.6 is 0 Å². The van der Waals surface area contributed by atoms with Crippen molar-refractivity contribution in [1.82, 2.24) is 24.6 Å². The number of piperidine rings is 1. The molecule has 6 heteroatoms. The number of amides is 1. The van der Waals surface area contributed by atoms with Crippen molar-refractivity contribution in [3.63, 3.8) is 0 Å². The van der Waals surface area contributed by atoms with Gasteiger partial charge in [0.05, 0.1) is 6.20 Å². The Morgan fingerprint density at radius 2 is 2.33 bits per heavy atom. The van der Waals surface area contributed by atoms with Crippen molar-refractivity contribution in [3.8, 4) is 0 Å². The van der Waals surface area contributed by atoms with Crippen molar-refractivity contribution >= 4 is 5.91 Å². The molecule has 3 heterocycles. The van der Waals surface area contributed by atoms with Gasteiger partial charge < -0.3 is 9.88 Å². The molecule has 0 unspecified atom stereocenters. The van der Waals surface area contributed by atoms with Gasteiger partial charge in [-0.2, -0.15) is 5.10 Å². The van der Waals surface area contributed by atoms with Gasteiger partial charge in [-0.25, -0.2) is 0 Å². The minimum atomic E-state index is 0.0542. The van der Waals surface area contributed by atoms with Crippen molar-refractivity contribution in [1.29, 1.82) is 0 Å². The zero-order valence-corrected chi connectivity index (χ0v) is 14.8. The molecule has 0 bridgehead atoms. The molecular weight excluding hydrogens is 302 g/mol. The zero-order valence-electron chi connectivity index (χ0n) is 14.8.